The largest absolute Gasteiger partial charge is 0.332 e. The van der Waals surface area contributed by atoms with E-state index in [0.717, 1.165) is 6.20 Å². The molecule has 0 bridgehead atoms. The van der Waals surface area contributed by atoms with Crippen molar-refractivity contribution < 1.29 is 9.18 Å². The summed E-state index contributed by atoms with van der Waals surface area (Å²) < 4.78 is 12.6. The van der Waals surface area contributed by atoms with Crippen LogP contribution in [0, 0.1) is 0 Å². The topological polar surface area (TPSA) is 29.1 Å². The lowest BCUT2D eigenvalue weighted by atomic mass is 10.3. The molecule has 0 aromatic carbocycles. The third-order valence-corrected chi connectivity index (χ3v) is 1.09. The van der Waals surface area contributed by atoms with Gasteiger partial charge < -0.3 is 5.32 Å². The standard InChI is InChI=1S/C7H10FNO/c1-3-6(2)7(8)4-9-5-10/h3-5H,1-2H3,(H,9,10)/b6-3-,7-4+. The van der Waals surface area contributed by atoms with E-state index in [4.69, 9.17) is 0 Å². The van der Waals surface area contributed by atoms with Gasteiger partial charge in [-0.3, -0.25) is 4.79 Å². The molecular formula is C7H10FNO. The van der Waals surface area contributed by atoms with Crippen LogP contribution in [-0.2, 0) is 4.79 Å². The summed E-state index contributed by atoms with van der Waals surface area (Å²) in [5, 5.41) is 2.10. The Morgan fingerprint density at radius 3 is 2.60 bits per heavy atom. The fourth-order valence-electron chi connectivity index (χ4n) is 0.359. The first-order valence-electron chi connectivity index (χ1n) is 2.91. The van der Waals surface area contributed by atoms with Crippen LogP contribution < -0.4 is 5.32 Å². The third-order valence-electron chi connectivity index (χ3n) is 1.09. The molecule has 0 fully saturated rings. The summed E-state index contributed by atoms with van der Waals surface area (Å²) in [6.07, 6.45) is 3.06. The van der Waals surface area contributed by atoms with Crippen LogP contribution in [0.1, 0.15) is 13.8 Å². The molecule has 1 amide bonds. The van der Waals surface area contributed by atoms with E-state index in [0.29, 0.717) is 12.0 Å². The Morgan fingerprint density at radius 2 is 2.20 bits per heavy atom. The molecule has 0 aliphatic carbocycles. The van der Waals surface area contributed by atoms with E-state index in [-0.39, 0.29) is 0 Å². The maximum atomic E-state index is 12.6. The molecule has 3 heteroatoms. The van der Waals surface area contributed by atoms with Crippen molar-refractivity contribution in [3.8, 4) is 0 Å². The Labute approximate surface area is 59.4 Å². The van der Waals surface area contributed by atoms with Gasteiger partial charge in [0.2, 0.25) is 6.41 Å². The molecule has 0 heterocycles. The summed E-state index contributed by atoms with van der Waals surface area (Å²) in [6.45, 7) is 3.35. The van der Waals surface area contributed by atoms with Gasteiger partial charge in [0.25, 0.3) is 0 Å². The van der Waals surface area contributed by atoms with Crippen LogP contribution in [0.25, 0.3) is 0 Å². The van der Waals surface area contributed by atoms with Crippen LogP contribution in [0.15, 0.2) is 23.7 Å². The molecule has 0 spiro atoms. The molecule has 0 saturated carbocycles. The zero-order valence-electron chi connectivity index (χ0n) is 6.02. The van der Waals surface area contributed by atoms with Crippen LogP contribution in [0.3, 0.4) is 0 Å². The van der Waals surface area contributed by atoms with Crippen LogP contribution in [0.5, 0.6) is 0 Å². The number of amides is 1. The van der Waals surface area contributed by atoms with Gasteiger partial charge in [-0.2, -0.15) is 0 Å². The van der Waals surface area contributed by atoms with Gasteiger partial charge in [0.15, 0.2) is 0 Å². The first kappa shape index (κ1) is 8.88. The minimum Gasteiger partial charge on any atom is -0.332 e. The molecule has 0 aromatic heterocycles. The van der Waals surface area contributed by atoms with Crippen LogP contribution in [0.2, 0.25) is 0 Å². The molecule has 0 aromatic rings. The normalized spacial score (nSPS) is 13.1. The molecule has 0 atom stereocenters. The number of halogens is 1. The predicted molar refractivity (Wildman–Crippen MR) is 37.8 cm³/mol. The van der Waals surface area contributed by atoms with E-state index >= 15 is 0 Å². The molecule has 0 radical (unpaired) electrons. The van der Waals surface area contributed by atoms with E-state index in [9.17, 15) is 9.18 Å². The van der Waals surface area contributed by atoms with Crippen molar-refractivity contribution in [2.75, 3.05) is 0 Å². The fraction of sp³-hybridized carbons (Fsp3) is 0.286. The van der Waals surface area contributed by atoms with Crippen molar-refractivity contribution >= 4 is 6.41 Å². The lowest BCUT2D eigenvalue weighted by Gasteiger charge is -1.93. The lowest BCUT2D eigenvalue weighted by Crippen LogP contribution is -2.00. The van der Waals surface area contributed by atoms with Crippen LogP contribution in [-0.4, -0.2) is 6.41 Å². The van der Waals surface area contributed by atoms with Gasteiger partial charge in [-0.15, -0.1) is 0 Å². The second kappa shape index (κ2) is 4.73. The monoisotopic (exact) mass is 143 g/mol. The van der Waals surface area contributed by atoms with E-state index < -0.39 is 5.83 Å². The van der Waals surface area contributed by atoms with Gasteiger partial charge in [-0.05, 0) is 19.4 Å². The number of hydrogen-bond acceptors (Lipinski definition) is 1. The first-order chi connectivity index (χ1) is 4.72. The molecule has 56 valence electrons. The minimum absolute atomic E-state index is 0.419. The zero-order chi connectivity index (χ0) is 7.98. The van der Waals surface area contributed by atoms with Gasteiger partial charge in [-0.1, -0.05) is 6.08 Å². The number of hydrogen-bond donors (Lipinski definition) is 1. The smallest absolute Gasteiger partial charge is 0.211 e. The molecule has 1 N–H and O–H groups in total. The van der Waals surface area contributed by atoms with E-state index in [2.05, 4.69) is 5.32 Å². The van der Waals surface area contributed by atoms with Crippen LogP contribution in [0.4, 0.5) is 4.39 Å². The third kappa shape index (κ3) is 3.02. The summed E-state index contributed by atoms with van der Waals surface area (Å²) >= 11 is 0. The van der Waals surface area contributed by atoms with E-state index in [1.807, 2.05) is 0 Å². The van der Waals surface area contributed by atoms with Crippen molar-refractivity contribution in [1.29, 1.82) is 0 Å². The highest BCUT2D eigenvalue weighted by atomic mass is 19.1. The maximum Gasteiger partial charge on any atom is 0.211 e. The number of carbonyl (C=O) groups excluding carboxylic acids is 1. The SMILES string of the molecule is C/C=C(C)\C(F)=C/NC=O. The number of rotatable bonds is 3. The Kier molecular flexibility index (Phi) is 4.20. The van der Waals surface area contributed by atoms with Crippen molar-refractivity contribution in [2.45, 2.75) is 13.8 Å². The average molecular weight is 143 g/mol. The van der Waals surface area contributed by atoms with Gasteiger partial charge in [-0.25, -0.2) is 4.39 Å². The van der Waals surface area contributed by atoms with Gasteiger partial charge in [0.05, 0.1) is 0 Å². The zero-order valence-corrected chi connectivity index (χ0v) is 6.02. The van der Waals surface area contributed by atoms with Gasteiger partial charge >= 0.3 is 0 Å². The number of nitrogens with one attached hydrogen (secondary N) is 1. The number of carbonyl (C=O) groups is 1. The molecule has 0 aliphatic heterocycles. The summed E-state index contributed by atoms with van der Waals surface area (Å²) in [5.74, 6) is -0.422. The van der Waals surface area contributed by atoms with Crippen molar-refractivity contribution in [1.82, 2.24) is 5.32 Å². The highest BCUT2D eigenvalue weighted by Crippen LogP contribution is 2.07. The molecule has 0 unspecified atom stereocenters. The van der Waals surface area contributed by atoms with E-state index in [1.165, 1.54) is 0 Å². The van der Waals surface area contributed by atoms with Crippen molar-refractivity contribution in [3.63, 3.8) is 0 Å². The van der Waals surface area contributed by atoms with Crippen molar-refractivity contribution in [2.24, 2.45) is 0 Å². The predicted octanol–water partition coefficient (Wildman–Crippen LogP) is 1.51. The highest BCUT2D eigenvalue weighted by Gasteiger charge is 1.93. The molecule has 2 nitrogen and oxygen atoms in total. The summed E-state index contributed by atoms with van der Waals surface area (Å²) in [5.41, 5.74) is 0.509. The quantitative estimate of drug-likeness (QED) is 0.471. The van der Waals surface area contributed by atoms with Gasteiger partial charge in [0.1, 0.15) is 5.83 Å². The van der Waals surface area contributed by atoms with Crippen molar-refractivity contribution in [3.05, 3.63) is 23.7 Å². The Balaban J connectivity index is 4.05. The molecule has 0 rings (SSSR count). The lowest BCUT2D eigenvalue weighted by molar-refractivity contribution is -0.108. The average Bonchev–Trinajstić information content (AvgIpc) is 1.98. The summed E-state index contributed by atoms with van der Waals surface area (Å²) in [6, 6.07) is 0. The van der Waals surface area contributed by atoms with E-state index in [1.54, 1.807) is 19.9 Å². The first-order valence-corrected chi connectivity index (χ1v) is 2.91. The minimum atomic E-state index is -0.422. The molecule has 10 heavy (non-hydrogen) atoms. The molecule has 0 aliphatic rings. The number of allylic oxidation sites excluding steroid dienone is 3. The Bertz CT molecular complexity index is 172. The van der Waals surface area contributed by atoms with Gasteiger partial charge in [0, 0.05) is 6.20 Å². The molecule has 0 saturated heterocycles. The van der Waals surface area contributed by atoms with Crippen LogP contribution >= 0.6 is 0 Å². The molecular weight excluding hydrogens is 133 g/mol. The highest BCUT2D eigenvalue weighted by molar-refractivity contribution is 5.48. The summed E-state index contributed by atoms with van der Waals surface area (Å²) in [4.78, 5) is 9.68. The Hall–Kier alpha value is -1.12. The fourth-order valence-corrected chi connectivity index (χ4v) is 0.359. The second-order valence-electron chi connectivity index (χ2n) is 1.75. The summed E-state index contributed by atoms with van der Waals surface area (Å²) in [7, 11) is 0. The second-order valence-corrected chi connectivity index (χ2v) is 1.75. The Morgan fingerprint density at radius 1 is 1.60 bits per heavy atom. The maximum absolute atomic E-state index is 12.6.